The number of nitrogens with zero attached hydrogens (tertiary/aromatic N) is 1. The van der Waals surface area contributed by atoms with Gasteiger partial charge in [0.15, 0.2) is 0 Å². The van der Waals surface area contributed by atoms with E-state index in [9.17, 15) is 4.79 Å². The number of amides is 1. The third-order valence-corrected chi connectivity index (χ3v) is 3.31. The van der Waals surface area contributed by atoms with Crippen LogP contribution in [0.15, 0.2) is 35.7 Å². The second kappa shape index (κ2) is 5.94. The van der Waals surface area contributed by atoms with Gasteiger partial charge in [-0.1, -0.05) is 47.6 Å². The molecule has 3 nitrogen and oxygen atoms in total. The second-order valence-electron chi connectivity index (χ2n) is 8.84. The minimum Gasteiger partial charge on any atom is -0.443 e. The Morgan fingerprint density at radius 2 is 1.45 bits per heavy atom. The van der Waals surface area contributed by atoms with Gasteiger partial charge in [-0.25, -0.2) is 4.79 Å². The summed E-state index contributed by atoms with van der Waals surface area (Å²) in [7, 11) is 0. The van der Waals surface area contributed by atoms with Crippen molar-refractivity contribution in [1.82, 2.24) is 4.90 Å². The Morgan fingerprint density at radius 1 is 0.909 bits per heavy atom. The molecule has 1 aliphatic heterocycles. The van der Waals surface area contributed by atoms with Crippen molar-refractivity contribution < 1.29 is 9.53 Å². The fourth-order valence-corrected chi connectivity index (χ4v) is 2.12. The summed E-state index contributed by atoms with van der Waals surface area (Å²) >= 11 is 0. The van der Waals surface area contributed by atoms with E-state index in [-0.39, 0.29) is 16.9 Å². The van der Waals surface area contributed by atoms with Crippen LogP contribution in [0.4, 0.5) is 4.79 Å². The molecule has 0 N–H and O–H groups in total. The highest BCUT2D eigenvalue weighted by Crippen LogP contribution is 2.34. The van der Waals surface area contributed by atoms with Crippen LogP contribution in [0.1, 0.15) is 62.3 Å². The van der Waals surface area contributed by atoms with Crippen LogP contribution in [-0.2, 0) is 4.74 Å². The first-order valence-electron chi connectivity index (χ1n) is 7.85. The van der Waals surface area contributed by atoms with Gasteiger partial charge in [0.1, 0.15) is 5.60 Å². The van der Waals surface area contributed by atoms with E-state index >= 15 is 0 Å². The molecule has 0 aromatic heterocycles. The highest BCUT2D eigenvalue weighted by Gasteiger charge is 2.30. The molecule has 0 saturated heterocycles. The summed E-state index contributed by atoms with van der Waals surface area (Å²) in [4.78, 5) is 14.2. The maximum atomic E-state index is 12.6. The third kappa shape index (κ3) is 5.04. The van der Waals surface area contributed by atoms with Gasteiger partial charge in [0, 0.05) is 17.3 Å². The Hall–Kier alpha value is -1.51. The predicted octanol–water partition coefficient (Wildman–Crippen LogP) is 5.65. The van der Waals surface area contributed by atoms with Crippen LogP contribution in [0.5, 0.6) is 0 Å². The van der Waals surface area contributed by atoms with Gasteiger partial charge in [0.2, 0.25) is 0 Å². The van der Waals surface area contributed by atoms with Gasteiger partial charge in [-0.05, 0) is 43.9 Å². The van der Waals surface area contributed by atoms with Gasteiger partial charge in [-0.3, -0.25) is 4.90 Å². The van der Waals surface area contributed by atoms with E-state index in [1.807, 2.05) is 39.1 Å². The molecule has 124 valence electrons. The van der Waals surface area contributed by atoms with Crippen molar-refractivity contribution in [3.8, 4) is 0 Å². The monoisotopic (exact) mass is 305 g/mol. The zero-order valence-corrected chi connectivity index (χ0v) is 15.6. The molecule has 1 heterocycles. The normalized spacial score (nSPS) is 16.9. The zero-order chi connectivity index (χ0) is 17.3. The van der Waals surface area contributed by atoms with Crippen molar-refractivity contribution in [3.05, 3.63) is 35.7 Å². The highest BCUT2D eigenvalue weighted by molar-refractivity contribution is 5.72. The first kappa shape index (κ1) is 18.5. The topological polar surface area (TPSA) is 29.5 Å². The standard InChI is InChI=1S/C19H31NO2/c1-17(2,3)14-10-11-15(18(4,5)6)20(13-12-14)16(21)22-19(7,8)9/h10-13H,1-9H3. The number of ether oxygens (including phenoxy) is 1. The van der Waals surface area contributed by atoms with Crippen LogP contribution in [0, 0.1) is 10.8 Å². The van der Waals surface area contributed by atoms with E-state index < -0.39 is 5.60 Å². The van der Waals surface area contributed by atoms with E-state index in [0.29, 0.717) is 0 Å². The Labute approximate surface area is 135 Å². The third-order valence-electron chi connectivity index (χ3n) is 3.31. The lowest BCUT2D eigenvalue weighted by Gasteiger charge is -2.32. The second-order valence-corrected chi connectivity index (χ2v) is 8.84. The molecule has 0 fully saturated rings. The van der Waals surface area contributed by atoms with Crippen molar-refractivity contribution in [1.29, 1.82) is 0 Å². The van der Waals surface area contributed by atoms with Crippen molar-refractivity contribution >= 4 is 6.09 Å². The molecule has 1 aliphatic rings. The summed E-state index contributed by atoms with van der Waals surface area (Å²) in [5, 5.41) is 0. The molecule has 0 spiro atoms. The highest BCUT2D eigenvalue weighted by atomic mass is 16.6. The molecule has 0 aromatic rings. The van der Waals surface area contributed by atoms with Crippen LogP contribution in [0.25, 0.3) is 0 Å². The molecule has 1 rings (SSSR count). The van der Waals surface area contributed by atoms with E-state index in [2.05, 4.69) is 47.6 Å². The summed E-state index contributed by atoms with van der Waals surface area (Å²) in [5.74, 6) is 0. The maximum Gasteiger partial charge on any atom is 0.418 e. The van der Waals surface area contributed by atoms with E-state index in [1.54, 1.807) is 4.90 Å². The van der Waals surface area contributed by atoms with Crippen molar-refractivity contribution in [2.24, 2.45) is 10.8 Å². The average molecular weight is 305 g/mol. The molecular weight excluding hydrogens is 274 g/mol. The number of rotatable bonds is 0. The molecule has 22 heavy (non-hydrogen) atoms. The number of allylic oxidation sites excluding steroid dienone is 5. The Bertz CT molecular complexity index is 517. The van der Waals surface area contributed by atoms with Gasteiger partial charge in [0.25, 0.3) is 0 Å². The van der Waals surface area contributed by atoms with Crippen molar-refractivity contribution in [2.45, 2.75) is 67.9 Å². The largest absolute Gasteiger partial charge is 0.443 e. The van der Waals surface area contributed by atoms with Gasteiger partial charge in [-0.2, -0.15) is 0 Å². The first-order valence-corrected chi connectivity index (χ1v) is 7.85. The lowest BCUT2D eigenvalue weighted by molar-refractivity contribution is 0.0356. The van der Waals surface area contributed by atoms with Crippen LogP contribution in [0.3, 0.4) is 0 Å². The summed E-state index contributed by atoms with van der Waals surface area (Å²) in [6.45, 7) is 18.4. The smallest absolute Gasteiger partial charge is 0.418 e. The van der Waals surface area contributed by atoms with E-state index in [4.69, 9.17) is 4.74 Å². The van der Waals surface area contributed by atoms with E-state index in [1.165, 1.54) is 5.57 Å². The molecular formula is C19H31NO2. The minimum absolute atomic E-state index is 0.0277. The van der Waals surface area contributed by atoms with Gasteiger partial charge >= 0.3 is 6.09 Å². The van der Waals surface area contributed by atoms with Crippen LogP contribution >= 0.6 is 0 Å². The minimum atomic E-state index is -0.513. The summed E-state index contributed by atoms with van der Waals surface area (Å²) in [6, 6.07) is 0. The summed E-state index contributed by atoms with van der Waals surface area (Å²) in [6.07, 6.45) is 7.62. The molecule has 0 aliphatic carbocycles. The molecule has 0 atom stereocenters. The lowest BCUT2D eigenvalue weighted by Crippen LogP contribution is -2.36. The SMILES string of the molecule is CC(C)(C)OC(=O)N1C=CC(C(C)(C)C)=CC=C1C(C)(C)C. The Balaban J connectivity index is 3.25. The molecule has 0 saturated carbocycles. The average Bonchev–Trinajstić information content (AvgIpc) is 2.46. The van der Waals surface area contributed by atoms with E-state index in [0.717, 1.165) is 5.70 Å². The molecule has 0 aromatic carbocycles. The molecule has 0 radical (unpaired) electrons. The molecule has 1 amide bonds. The van der Waals surface area contributed by atoms with Crippen LogP contribution in [0.2, 0.25) is 0 Å². The predicted molar refractivity (Wildman–Crippen MR) is 92.3 cm³/mol. The quantitative estimate of drug-likeness (QED) is 0.578. The molecule has 0 bridgehead atoms. The zero-order valence-electron chi connectivity index (χ0n) is 15.6. The fraction of sp³-hybridized carbons (Fsp3) is 0.632. The molecule has 0 unspecified atom stereocenters. The maximum absolute atomic E-state index is 12.6. The van der Waals surface area contributed by atoms with Gasteiger partial charge in [0.05, 0.1) is 0 Å². The van der Waals surface area contributed by atoms with Crippen molar-refractivity contribution in [3.63, 3.8) is 0 Å². The fourth-order valence-electron chi connectivity index (χ4n) is 2.12. The first-order chi connectivity index (χ1) is 9.72. The Kier molecular flexibility index (Phi) is 5.01. The molecule has 3 heteroatoms. The summed E-state index contributed by atoms with van der Waals surface area (Å²) < 4.78 is 5.55. The van der Waals surface area contributed by atoms with Crippen molar-refractivity contribution in [2.75, 3.05) is 0 Å². The Morgan fingerprint density at radius 3 is 1.86 bits per heavy atom. The van der Waals surface area contributed by atoms with Gasteiger partial charge < -0.3 is 4.74 Å². The number of hydrogen-bond donors (Lipinski definition) is 0. The summed E-state index contributed by atoms with van der Waals surface area (Å²) in [5.41, 5.74) is 1.46. The van der Waals surface area contributed by atoms with Crippen LogP contribution in [-0.4, -0.2) is 16.6 Å². The number of carbonyl (C=O) groups is 1. The lowest BCUT2D eigenvalue weighted by atomic mass is 9.86. The van der Waals surface area contributed by atoms with Gasteiger partial charge in [-0.15, -0.1) is 0 Å². The van der Waals surface area contributed by atoms with Crippen LogP contribution < -0.4 is 0 Å². The number of carbonyl (C=O) groups excluding carboxylic acids is 1. The number of hydrogen-bond acceptors (Lipinski definition) is 2.